The smallest absolute Gasteiger partial charge is 0.325 e. The summed E-state index contributed by atoms with van der Waals surface area (Å²) < 4.78 is 0. The summed E-state index contributed by atoms with van der Waals surface area (Å²) in [7, 11) is 0. The first-order valence-electron chi connectivity index (χ1n) is 9.35. The van der Waals surface area contributed by atoms with Crippen LogP contribution in [0.15, 0.2) is 0 Å². The fraction of sp³-hybridized carbons (Fsp3) is 0.667. The lowest BCUT2D eigenvalue weighted by atomic mass is 10.1. The molecule has 30 heavy (non-hydrogen) atoms. The van der Waals surface area contributed by atoms with Crippen molar-refractivity contribution < 1.29 is 33.9 Å². The maximum atomic E-state index is 12.6. The van der Waals surface area contributed by atoms with E-state index in [2.05, 4.69) is 27.6 Å². The summed E-state index contributed by atoms with van der Waals surface area (Å²) in [5.41, 5.74) is 0. The van der Waals surface area contributed by atoms with Gasteiger partial charge in [0.1, 0.15) is 24.2 Å². The Labute approximate surface area is 179 Å². The Kier molecular flexibility index (Phi) is 11.6. The van der Waals surface area contributed by atoms with E-state index in [1.165, 1.54) is 39.5 Å². The van der Waals surface area contributed by atoms with Crippen molar-refractivity contribution in [3.05, 3.63) is 0 Å². The Balaban J connectivity index is 0.00000192. The van der Waals surface area contributed by atoms with Crippen LogP contribution in [0.25, 0.3) is 0 Å². The zero-order chi connectivity index (χ0) is 23.6. The van der Waals surface area contributed by atoms with Gasteiger partial charge < -0.3 is 26.0 Å². The average molecular weight is 449 g/mol. The topological polar surface area (TPSA) is 162 Å². The molecule has 4 amide bonds. The van der Waals surface area contributed by atoms with Crippen LogP contribution >= 0.6 is 11.6 Å². The lowest BCUT2D eigenvalue weighted by Gasteiger charge is -2.28. The number of amides is 4. The normalized spacial score (nSPS) is 18.1. The molecule has 0 aromatic heterocycles. The number of rotatable bonds is 7. The first-order chi connectivity index (χ1) is 13.8. The number of aliphatic carboxylic acids is 1. The predicted octanol–water partition coefficient (Wildman–Crippen LogP) is -0.632. The minimum absolute atomic E-state index is 0.347. The summed E-state index contributed by atoms with van der Waals surface area (Å²) in [6, 6.07) is -3.51. The van der Waals surface area contributed by atoms with Gasteiger partial charge in [-0.3, -0.25) is 28.8 Å². The third-order valence-electron chi connectivity index (χ3n) is 4.11. The van der Waals surface area contributed by atoms with E-state index in [4.69, 9.17) is 5.11 Å². The van der Waals surface area contributed by atoms with Crippen LogP contribution in [0.4, 0.5) is 0 Å². The highest BCUT2D eigenvalue weighted by Crippen LogP contribution is 2.18. The fourth-order valence-corrected chi connectivity index (χ4v) is 2.69. The van der Waals surface area contributed by atoms with Gasteiger partial charge in [-0.2, -0.15) is 0 Å². The molecule has 0 bridgehead atoms. The zero-order valence-electron chi connectivity index (χ0n) is 17.7. The molecule has 11 nitrogen and oxygen atoms in total. The van der Waals surface area contributed by atoms with Gasteiger partial charge in [0.05, 0.1) is 0 Å². The first kappa shape index (κ1) is 27.3. The molecular formula is C18H29ClN4O7. The van der Waals surface area contributed by atoms with E-state index in [0.29, 0.717) is 19.4 Å². The van der Waals surface area contributed by atoms with E-state index in [1.807, 2.05) is 0 Å². The number of carboxylic acid groups (broad SMARTS) is 1. The number of carboxylic acids is 1. The summed E-state index contributed by atoms with van der Waals surface area (Å²) >= 11 is 4.64. The molecule has 1 rings (SSSR count). The van der Waals surface area contributed by atoms with Crippen LogP contribution in [0.1, 0.15) is 47.5 Å². The van der Waals surface area contributed by atoms with E-state index in [0.717, 1.165) is 0 Å². The standard InChI is InChI=1S/C16H26N4O6.C2H3ClO/c1-8(17-11(4)21)13(22)18-9(2)15(24)20-7-5-6-12(20)14(23)19-10(3)16(25)26;1-2(3)4/h8-10,12H,5-7H2,1-4H3,(H,17,21)(H,18,22)(H,19,23)(H,25,26);1H3. The molecule has 0 aliphatic carbocycles. The maximum absolute atomic E-state index is 12.6. The van der Waals surface area contributed by atoms with Crippen molar-refractivity contribution in [2.45, 2.75) is 71.6 Å². The number of carbonyl (C=O) groups is 6. The second-order valence-corrected chi connectivity index (χ2v) is 7.41. The fourth-order valence-electron chi connectivity index (χ4n) is 2.69. The average Bonchev–Trinajstić information content (AvgIpc) is 3.09. The van der Waals surface area contributed by atoms with Gasteiger partial charge in [-0.15, -0.1) is 0 Å². The molecule has 0 saturated carbocycles. The third-order valence-corrected chi connectivity index (χ3v) is 4.11. The Morgan fingerprint density at radius 2 is 1.47 bits per heavy atom. The van der Waals surface area contributed by atoms with E-state index in [9.17, 15) is 28.8 Å². The second-order valence-electron chi connectivity index (χ2n) is 6.88. The molecule has 0 spiro atoms. The lowest BCUT2D eigenvalue weighted by Crippen LogP contribution is -2.56. The Morgan fingerprint density at radius 3 is 1.93 bits per heavy atom. The SMILES string of the molecule is CC(=O)Cl.CC(=O)NC(C)C(=O)NC(C)C(=O)N1CCCC1C(=O)NC(C)C(=O)O. The van der Waals surface area contributed by atoms with Gasteiger partial charge in [-0.25, -0.2) is 0 Å². The molecule has 0 aromatic carbocycles. The van der Waals surface area contributed by atoms with Crippen molar-refractivity contribution in [1.29, 1.82) is 0 Å². The van der Waals surface area contributed by atoms with Crippen molar-refractivity contribution in [2.24, 2.45) is 0 Å². The molecule has 1 aliphatic heterocycles. The summed E-state index contributed by atoms with van der Waals surface area (Å²) in [5, 5.41) is 15.8. The number of carbonyl (C=O) groups excluding carboxylic acids is 5. The van der Waals surface area contributed by atoms with Gasteiger partial charge in [0.15, 0.2) is 0 Å². The molecule has 12 heteroatoms. The summed E-state index contributed by atoms with van der Waals surface area (Å²) in [6.07, 6.45) is 1.03. The van der Waals surface area contributed by atoms with Crippen molar-refractivity contribution in [1.82, 2.24) is 20.9 Å². The van der Waals surface area contributed by atoms with Gasteiger partial charge in [-0.1, -0.05) is 0 Å². The van der Waals surface area contributed by atoms with E-state index in [-0.39, 0.29) is 11.1 Å². The van der Waals surface area contributed by atoms with E-state index >= 15 is 0 Å². The molecule has 0 radical (unpaired) electrons. The van der Waals surface area contributed by atoms with Crippen molar-refractivity contribution >= 4 is 46.4 Å². The second kappa shape index (κ2) is 12.8. The highest BCUT2D eigenvalue weighted by Gasteiger charge is 2.37. The molecule has 1 saturated heterocycles. The number of nitrogens with zero attached hydrogens (tertiary/aromatic N) is 1. The summed E-state index contributed by atoms with van der Waals surface area (Å²) in [4.78, 5) is 69.2. The van der Waals surface area contributed by atoms with Gasteiger partial charge in [-0.05, 0) is 45.2 Å². The summed E-state index contributed by atoms with van der Waals surface area (Å²) in [5.74, 6) is -3.01. The quantitative estimate of drug-likeness (QED) is 0.377. The first-order valence-corrected chi connectivity index (χ1v) is 9.72. The molecule has 170 valence electrons. The Hall–Kier alpha value is -2.69. The van der Waals surface area contributed by atoms with Crippen LogP contribution in [0.2, 0.25) is 0 Å². The van der Waals surface area contributed by atoms with Gasteiger partial charge >= 0.3 is 5.97 Å². The molecule has 0 aromatic rings. The minimum atomic E-state index is -1.16. The number of hydrogen-bond acceptors (Lipinski definition) is 6. The van der Waals surface area contributed by atoms with Crippen molar-refractivity contribution in [3.8, 4) is 0 Å². The largest absolute Gasteiger partial charge is 0.480 e. The van der Waals surface area contributed by atoms with Crippen molar-refractivity contribution in [2.75, 3.05) is 6.54 Å². The Bertz CT molecular complexity index is 681. The molecule has 1 heterocycles. The molecule has 4 atom stereocenters. The highest BCUT2D eigenvalue weighted by molar-refractivity contribution is 6.62. The molecule has 1 fully saturated rings. The maximum Gasteiger partial charge on any atom is 0.325 e. The monoisotopic (exact) mass is 448 g/mol. The van der Waals surface area contributed by atoms with E-state index in [1.54, 1.807) is 0 Å². The van der Waals surface area contributed by atoms with Gasteiger partial charge in [0.2, 0.25) is 28.9 Å². The van der Waals surface area contributed by atoms with Crippen LogP contribution < -0.4 is 16.0 Å². The predicted molar refractivity (Wildman–Crippen MR) is 107 cm³/mol. The minimum Gasteiger partial charge on any atom is -0.480 e. The van der Waals surface area contributed by atoms with Crippen LogP contribution in [0, 0.1) is 0 Å². The number of likely N-dealkylation sites (tertiary alicyclic amines) is 1. The van der Waals surface area contributed by atoms with Gasteiger partial charge in [0.25, 0.3) is 0 Å². The lowest BCUT2D eigenvalue weighted by molar-refractivity contribution is -0.144. The molecular weight excluding hydrogens is 420 g/mol. The number of nitrogens with one attached hydrogen (secondary N) is 3. The number of hydrogen-bond donors (Lipinski definition) is 4. The van der Waals surface area contributed by atoms with Crippen LogP contribution in [0.3, 0.4) is 0 Å². The Morgan fingerprint density at radius 1 is 0.933 bits per heavy atom. The summed E-state index contributed by atoms with van der Waals surface area (Å²) in [6.45, 7) is 7.25. The molecule has 1 aliphatic rings. The van der Waals surface area contributed by atoms with Crippen LogP contribution in [-0.4, -0.2) is 75.6 Å². The number of halogens is 1. The highest BCUT2D eigenvalue weighted by atomic mass is 35.5. The molecule has 4 unspecified atom stereocenters. The van der Waals surface area contributed by atoms with Crippen molar-refractivity contribution in [3.63, 3.8) is 0 Å². The van der Waals surface area contributed by atoms with Gasteiger partial charge in [0, 0.05) is 20.4 Å². The third kappa shape index (κ3) is 9.68. The zero-order valence-corrected chi connectivity index (χ0v) is 18.4. The molecule has 4 N–H and O–H groups in total. The van der Waals surface area contributed by atoms with Crippen LogP contribution in [-0.2, 0) is 28.8 Å². The van der Waals surface area contributed by atoms with E-state index < -0.39 is 47.9 Å². The van der Waals surface area contributed by atoms with Crippen LogP contribution in [0.5, 0.6) is 0 Å².